The zero-order chi connectivity index (χ0) is 23.2. The molecule has 168 valence electrons. The zero-order valence-electron chi connectivity index (χ0n) is 18.1. The summed E-state index contributed by atoms with van der Waals surface area (Å²) in [7, 11) is 0. The summed E-state index contributed by atoms with van der Waals surface area (Å²) in [6.45, 7) is 6.70. The van der Waals surface area contributed by atoms with E-state index in [2.05, 4.69) is 26.1 Å². The van der Waals surface area contributed by atoms with Crippen LogP contribution in [0.5, 0.6) is 0 Å². The zero-order valence-corrected chi connectivity index (χ0v) is 20.4. The molecule has 1 aliphatic rings. The number of primary amides is 1. The summed E-state index contributed by atoms with van der Waals surface area (Å²) >= 11 is 13.5. The highest BCUT2D eigenvalue weighted by Crippen LogP contribution is 2.44. The Kier molecular flexibility index (Phi) is 6.14. The van der Waals surface area contributed by atoms with Gasteiger partial charge in [0.1, 0.15) is 10.8 Å². The van der Waals surface area contributed by atoms with Crippen LogP contribution in [0.3, 0.4) is 0 Å². The molecule has 0 aliphatic heterocycles. The maximum atomic E-state index is 12.9. The van der Waals surface area contributed by atoms with Crippen LogP contribution in [-0.2, 0) is 12.8 Å². The summed E-state index contributed by atoms with van der Waals surface area (Å²) in [6, 6.07) is 8.38. The molecule has 1 aromatic carbocycles. The van der Waals surface area contributed by atoms with Crippen molar-refractivity contribution in [3.63, 3.8) is 0 Å². The normalized spacial score (nSPS) is 16.0. The highest BCUT2D eigenvalue weighted by Gasteiger charge is 2.33. The molecular weight excluding hydrogens is 467 g/mol. The lowest BCUT2D eigenvalue weighted by Gasteiger charge is -2.33. The van der Waals surface area contributed by atoms with E-state index in [1.807, 2.05) is 0 Å². The third-order valence-corrected chi connectivity index (χ3v) is 7.91. The number of hydrogen-bond acceptors (Lipinski definition) is 4. The van der Waals surface area contributed by atoms with Crippen LogP contribution in [0.15, 0.2) is 34.7 Å². The lowest BCUT2D eigenvalue weighted by Crippen LogP contribution is -2.27. The lowest BCUT2D eigenvalue weighted by molar-refractivity contribution is 0.0997. The van der Waals surface area contributed by atoms with Gasteiger partial charge in [-0.3, -0.25) is 9.59 Å². The number of anilines is 1. The summed E-state index contributed by atoms with van der Waals surface area (Å²) in [5, 5.41) is 4.16. The quantitative estimate of drug-likeness (QED) is 0.420. The summed E-state index contributed by atoms with van der Waals surface area (Å²) in [5.41, 5.74) is 7.96. The molecule has 5 nitrogen and oxygen atoms in total. The van der Waals surface area contributed by atoms with Gasteiger partial charge >= 0.3 is 0 Å². The van der Waals surface area contributed by atoms with Crippen LogP contribution < -0.4 is 11.1 Å². The Morgan fingerprint density at radius 3 is 2.56 bits per heavy atom. The molecule has 0 saturated heterocycles. The fourth-order valence-corrected chi connectivity index (χ4v) is 5.73. The highest BCUT2D eigenvalue weighted by atomic mass is 35.5. The maximum Gasteiger partial charge on any atom is 0.292 e. The second kappa shape index (κ2) is 8.58. The van der Waals surface area contributed by atoms with E-state index in [4.69, 9.17) is 33.4 Å². The molecule has 0 spiro atoms. The minimum Gasteiger partial charge on any atom is -0.451 e. The van der Waals surface area contributed by atoms with E-state index in [1.54, 1.807) is 30.3 Å². The van der Waals surface area contributed by atoms with Gasteiger partial charge in [-0.15, -0.1) is 11.3 Å². The molecule has 2 amide bonds. The average molecular weight is 491 g/mol. The van der Waals surface area contributed by atoms with Crippen molar-refractivity contribution in [3.05, 3.63) is 62.1 Å². The van der Waals surface area contributed by atoms with Crippen molar-refractivity contribution in [1.82, 2.24) is 0 Å². The Labute approximate surface area is 200 Å². The maximum absolute atomic E-state index is 12.9. The van der Waals surface area contributed by atoms with Crippen LogP contribution in [0, 0.1) is 11.3 Å². The Bertz CT molecular complexity index is 1210. The van der Waals surface area contributed by atoms with Crippen LogP contribution in [0.2, 0.25) is 10.0 Å². The molecule has 0 bridgehead atoms. The minimum absolute atomic E-state index is 0.125. The van der Waals surface area contributed by atoms with E-state index >= 15 is 0 Å². The van der Waals surface area contributed by atoms with Crippen LogP contribution in [0.25, 0.3) is 11.3 Å². The molecule has 1 atom stereocenters. The van der Waals surface area contributed by atoms with Gasteiger partial charge in [0.15, 0.2) is 5.76 Å². The third-order valence-electron chi connectivity index (χ3n) is 6.00. The van der Waals surface area contributed by atoms with Gasteiger partial charge in [-0.1, -0.05) is 44.0 Å². The minimum atomic E-state index is -0.525. The number of nitrogens with one attached hydrogen (secondary N) is 1. The van der Waals surface area contributed by atoms with Crippen molar-refractivity contribution in [2.45, 2.75) is 40.0 Å². The molecule has 3 N–H and O–H groups in total. The van der Waals surface area contributed by atoms with Gasteiger partial charge in [-0.25, -0.2) is 0 Å². The number of hydrogen-bond donors (Lipinski definition) is 2. The second-order valence-corrected chi connectivity index (χ2v) is 11.0. The summed E-state index contributed by atoms with van der Waals surface area (Å²) in [4.78, 5) is 26.2. The molecule has 2 heterocycles. The Morgan fingerprint density at radius 1 is 1.16 bits per heavy atom. The Balaban J connectivity index is 1.59. The number of furan rings is 1. The van der Waals surface area contributed by atoms with Gasteiger partial charge < -0.3 is 15.5 Å². The van der Waals surface area contributed by atoms with Gasteiger partial charge in [0.2, 0.25) is 0 Å². The first kappa shape index (κ1) is 22.9. The molecule has 0 radical (unpaired) electrons. The first-order valence-electron chi connectivity index (χ1n) is 10.4. The van der Waals surface area contributed by atoms with Crippen molar-refractivity contribution in [3.8, 4) is 11.3 Å². The standard InChI is InChI=1S/C24H24Cl2N2O3S/c1-24(2,3)13-5-6-14-19(11-13)32-23(20(14)21(27)29)28-22(30)18-9-8-17(31-18)12-4-7-15(25)16(26)10-12/h4,7-10,13H,5-6,11H2,1-3H3,(H2,27,29)(H,28,30)/t13-/m1/s1. The number of nitrogens with two attached hydrogens (primary N) is 1. The van der Waals surface area contributed by atoms with Crippen LogP contribution in [0.1, 0.15) is 58.5 Å². The van der Waals surface area contributed by atoms with Gasteiger partial charge in [-0.05, 0) is 66.5 Å². The van der Waals surface area contributed by atoms with Crippen molar-refractivity contribution in [2.75, 3.05) is 5.32 Å². The number of carbonyl (C=O) groups is 2. The Hall–Kier alpha value is -2.28. The summed E-state index contributed by atoms with van der Waals surface area (Å²) in [6.07, 6.45) is 2.65. The number of carbonyl (C=O) groups excluding carboxylic acids is 2. The predicted molar refractivity (Wildman–Crippen MR) is 130 cm³/mol. The van der Waals surface area contributed by atoms with E-state index in [1.165, 1.54) is 11.3 Å². The van der Waals surface area contributed by atoms with Crippen LogP contribution in [0.4, 0.5) is 5.00 Å². The van der Waals surface area contributed by atoms with E-state index < -0.39 is 11.8 Å². The van der Waals surface area contributed by atoms with Crippen molar-refractivity contribution < 1.29 is 14.0 Å². The SMILES string of the molecule is CC(C)(C)[C@@H]1CCc2c(sc(NC(=O)c3ccc(-c4ccc(Cl)c(Cl)c4)o3)c2C(N)=O)C1. The van der Waals surface area contributed by atoms with E-state index in [-0.39, 0.29) is 11.2 Å². The Morgan fingerprint density at radius 2 is 1.91 bits per heavy atom. The third kappa shape index (κ3) is 4.45. The van der Waals surface area contributed by atoms with Gasteiger partial charge in [0.25, 0.3) is 11.8 Å². The predicted octanol–water partition coefficient (Wildman–Crippen LogP) is 6.82. The van der Waals surface area contributed by atoms with Gasteiger partial charge in [0.05, 0.1) is 15.6 Å². The average Bonchev–Trinajstić information content (AvgIpc) is 3.33. The topological polar surface area (TPSA) is 85.3 Å². The van der Waals surface area contributed by atoms with Gasteiger partial charge in [0, 0.05) is 10.4 Å². The summed E-state index contributed by atoms with van der Waals surface area (Å²) < 4.78 is 5.74. The molecule has 0 saturated carbocycles. The molecule has 8 heteroatoms. The molecule has 2 aromatic heterocycles. The molecular formula is C24H24Cl2N2O3S. The smallest absolute Gasteiger partial charge is 0.292 e. The first-order valence-corrected chi connectivity index (χ1v) is 11.9. The highest BCUT2D eigenvalue weighted by molar-refractivity contribution is 7.17. The summed E-state index contributed by atoms with van der Waals surface area (Å²) in [5.74, 6) is 0.159. The molecule has 0 unspecified atom stereocenters. The van der Waals surface area contributed by atoms with Gasteiger partial charge in [-0.2, -0.15) is 0 Å². The molecule has 4 rings (SSSR count). The van der Waals surface area contributed by atoms with E-state index in [0.717, 1.165) is 29.7 Å². The van der Waals surface area contributed by atoms with E-state index in [0.29, 0.717) is 37.9 Å². The lowest BCUT2D eigenvalue weighted by atomic mass is 9.72. The number of rotatable bonds is 4. The van der Waals surface area contributed by atoms with Crippen molar-refractivity contribution in [1.29, 1.82) is 0 Å². The number of amides is 2. The fraction of sp³-hybridized carbons (Fsp3) is 0.333. The molecule has 3 aromatic rings. The molecule has 0 fully saturated rings. The number of benzene rings is 1. The number of fused-ring (bicyclic) bond motifs is 1. The van der Waals surface area contributed by atoms with Crippen LogP contribution >= 0.6 is 34.5 Å². The van der Waals surface area contributed by atoms with E-state index in [9.17, 15) is 9.59 Å². The monoisotopic (exact) mass is 490 g/mol. The number of halogens is 2. The van der Waals surface area contributed by atoms with Crippen molar-refractivity contribution in [2.24, 2.45) is 17.1 Å². The fourth-order valence-electron chi connectivity index (χ4n) is 4.10. The molecule has 32 heavy (non-hydrogen) atoms. The number of thiophene rings is 1. The largest absolute Gasteiger partial charge is 0.451 e. The first-order chi connectivity index (χ1) is 15.0. The molecule has 1 aliphatic carbocycles. The van der Waals surface area contributed by atoms with Crippen LogP contribution in [-0.4, -0.2) is 11.8 Å². The second-order valence-electron chi connectivity index (χ2n) is 9.12. The van der Waals surface area contributed by atoms with Crippen molar-refractivity contribution >= 4 is 51.4 Å².